The van der Waals surface area contributed by atoms with E-state index in [1.165, 1.54) is 0 Å². The first-order chi connectivity index (χ1) is 13.3. The number of para-hydroxylation sites is 1. The van der Waals surface area contributed by atoms with Gasteiger partial charge >= 0.3 is 0 Å². The molecule has 0 aromatic heterocycles. The summed E-state index contributed by atoms with van der Waals surface area (Å²) in [5, 5.41) is 0. The van der Waals surface area contributed by atoms with Crippen LogP contribution in [0.4, 0.5) is 0 Å². The zero-order valence-electron chi connectivity index (χ0n) is 15.2. The van der Waals surface area contributed by atoms with Crippen molar-refractivity contribution < 1.29 is 4.74 Å². The first-order valence-electron chi connectivity index (χ1n) is 8.95. The number of benzene rings is 3. The molecule has 0 aliphatic heterocycles. The maximum atomic E-state index is 5.94. The van der Waals surface area contributed by atoms with Crippen molar-refractivity contribution in [2.45, 2.75) is 5.92 Å². The van der Waals surface area contributed by atoms with Crippen LogP contribution in [0, 0.1) is 12.3 Å². The van der Waals surface area contributed by atoms with Gasteiger partial charge in [0.15, 0.2) is 0 Å². The predicted molar refractivity (Wildman–Crippen MR) is 114 cm³/mol. The smallest absolute Gasteiger partial charge is 0.124 e. The van der Waals surface area contributed by atoms with Gasteiger partial charge in [0.1, 0.15) is 12.4 Å². The number of allylic oxidation sites excluding steroid dienone is 1. The van der Waals surface area contributed by atoms with Gasteiger partial charge in [0.2, 0.25) is 0 Å². The molecule has 0 spiro atoms. The van der Waals surface area contributed by atoms with Crippen LogP contribution in [-0.4, -0.2) is 6.61 Å². The highest BCUT2D eigenvalue weighted by Gasteiger charge is 2.14. The molecule has 0 amide bonds. The third-order valence-electron chi connectivity index (χ3n) is 4.29. The highest BCUT2D eigenvalue weighted by Crippen LogP contribution is 2.32. The van der Waals surface area contributed by atoms with Crippen LogP contribution in [-0.2, 0) is 0 Å². The van der Waals surface area contributed by atoms with Crippen molar-refractivity contribution in [1.82, 2.24) is 0 Å². The van der Waals surface area contributed by atoms with E-state index >= 15 is 0 Å². The van der Waals surface area contributed by atoms with Crippen molar-refractivity contribution in [2.24, 2.45) is 0 Å². The van der Waals surface area contributed by atoms with Crippen molar-refractivity contribution in [3.63, 3.8) is 0 Å². The molecule has 3 rings (SSSR count). The van der Waals surface area contributed by atoms with Crippen molar-refractivity contribution in [3.05, 3.63) is 120 Å². The van der Waals surface area contributed by atoms with E-state index in [4.69, 9.17) is 11.2 Å². The maximum Gasteiger partial charge on any atom is 0.124 e. The molecule has 27 heavy (non-hydrogen) atoms. The van der Waals surface area contributed by atoms with Gasteiger partial charge in [-0.2, -0.15) is 0 Å². The molecule has 1 nitrogen and oxygen atoms in total. The van der Waals surface area contributed by atoms with Crippen LogP contribution in [0.15, 0.2) is 104 Å². The molecule has 3 aromatic rings. The monoisotopic (exact) mass is 350 g/mol. The van der Waals surface area contributed by atoms with E-state index in [2.05, 4.69) is 42.8 Å². The molecule has 0 heterocycles. The molecule has 3 aromatic carbocycles. The van der Waals surface area contributed by atoms with Crippen molar-refractivity contribution in [2.75, 3.05) is 6.61 Å². The molecule has 1 heteroatoms. The molecular weight excluding hydrogens is 328 g/mol. The average Bonchev–Trinajstić information content (AvgIpc) is 2.75. The van der Waals surface area contributed by atoms with Gasteiger partial charge in [-0.1, -0.05) is 104 Å². The van der Waals surface area contributed by atoms with E-state index in [9.17, 15) is 0 Å². The van der Waals surface area contributed by atoms with Gasteiger partial charge < -0.3 is 4.74 Å². The summed E-state index contributed by atoms with van der Waals surface area (Å²) in [5.41, 5.74) is 4.35. The fraction of sp³-hybridized carbons (Fsp3) is 0.0769. The second-order valence-electron chi connectivity index (χ2n) is 6.09. The molecule has 0 fully saturated rings. The lowest BCUT2D eigenvalue weighted by Crippen LogP contribution is -2.01. The van der Waals surface area contributed by atoms with Crippen molar-refractivity contribution in [3.8, 4) is 18.1 Å². The normalized spacial score (nSPS) is 11.1. The van der Waals surface area contributed by atoms with E-state index in [-0.39, 0.29) is 5.92 Å². The van der Waals surface area contributed by atoms with Crippen LogP contribution in [0.5, 0.6) is 5.75 Å². The van der Waals surface area contributed by atoms with Crippen LogP contribution in [0.1, 0.15) is 22.6 Å². The summed E-state index contributed by atoms with van der Waals surface area (Å²) >= 11 is 0. The summed E-state index contributed by atoms with van der Waals surface area (Å²) in [5.74, 6) is 3.50. The van der Waals surface area contributed by atoms with Crippen molar-refractivity contribution >= 4 is 5.57 Å². The van der Waals surface area contributed by atoms with Crippen LogP contribution in [0.3, 0.4) is 0 Å². The molecule has 0 aliphatic rings. The first kappa shape index (κ1) is 18.3. The Hall–Kier alpha value is -3.50. The van der Waals surface area contributed by atoms with Crippen LogP contribution >= 0.6 is 0 Å². The minimum Gasteiger partial charge on any atom is -0.489 e. The zero-order chi connectivity index (χ0) is 18.9. The molecule has 0 radical (unpaired) electrons. The molecule has 1 unspecified atom stereocenters. The Labute approximate surface area is 161 Å². The van der Waals surface area contributed by atoms with Crippen LogP contribution in [0.2, 0.25) is 0 Å². The van der Waals surface area contributed by atoms with Crippen LogP contribution in [0.25, 0.3) is 5.57 Å². The van der Waals surface area contributed by atoms with Crippen LogP contribution < -0.4 is 4.74 Å². The largest absolute Gasteiger partial charge is 0.489 e. The van der Waals surface area contributed by atoms with E-state index in [1.807, 2.05) is 60.7 Å². The quantitative estimate of drug-likeness (QED) is 0.369. The Morgan fingerprint density at radius 1 is 0.889 bits per heavy atom. The Balaban J connectivity index is 2.09. The van der Waals surface area contributed by atoms with Gasteiger partial charge in [-0.05, 0) is 22.8 Å². The standard InChI is InChI=1S/C26H22O/c1-3-19-27-26-18-12-11-17-24(26)21(4-2)20-25(22-13-7-5-8-14-22)23-15-9-6-10-16-23/h2-3,5-18,20-21H,1,19H2. The minimum atomic E-state index is -0.207. The number of rotatable bonds is 7. The molecule has 1 atom stereocenters. The van der Waals surface area contributed by atoms with E-state index in [0.29, 0.717) is 6.61 Å². The summed E-state index contributed by atoms with van der Waals surface area (Å²) < 4.78 is 5.82. The van der Waals surface area contributed by atoms with Gasteiger partial charge in [-0.25, -0.2) is 0 Å². The SMILES string of the molecule is C#CC(C=C(c1ccccc1)c1ccccc1)c1ccccc1OCC=C. The van der Waals surface area contributed by atoms with E-state index in [0.717, 1.165) is 28.0 Å². The maximum absolute atomic E-state index is 5.94. The number of hydrogen-bond acceptors (Lipinski definition) is 1. The molecular formula is C26H22O. The van der Waals surface area contributed by atoms with Gasteiger partial charge in [0, 0.05) is 5.56 Å². The molecule has 0 saturated heterocycles. The first-order valence-corrected chi connectivity index (χ1v) is 8.95. The van der Waals surface area contributed by atoms with Gasteiger partial charge in [-0.3, -0.25) is 0 Å². The molecule has 0 N–H and O–H groups in total. The minimum absolute atomic E-state index is 0.207. The number of hydrogen-bond donors (Lipinski definition) is 0. The van der Waals surface area contributed by atoms with Gasteiger partial charge in [0.05, 0.1) is 5.92 Å². The summed E-state index contributed by atoms with van der Waals surface area (Å²) in [6, 6.07) is 28.5. The number of terminal acetylenes is 1. The Bertz CT molecular complexity index is 905. The topological polar surface area (TPSA) is 9.23 Å². The summed E-state index contributed by atoms with van der Waals surface area (Å²) in [6.45, 7) is 4.17. The molecule has 0 saturated carbocycles. The summed E-state index contributed by atoms with van der Waals surface area (Å²) in [7, 11) is 0. The summed E-state index contributed by atoms with van der Waals surface area (Å²) in [4.78, 5) is 0. The fourth-order valence-corrected chi connectivity index (χ4v) is 3.01. The molecule has 0 bridgehead atoms. The Kier molecular flexibility index (Phi) is 6.28. The lowest BCUT2D eigenvalue weighted by atomic mass is 9.90. The highest BCUT2D eigenvalue weighted by molar-refractivity contribution is 5.80. The second-order valence-corrected chi connectivity index (χ2v) is 6.09. The zero-order valence-corrected chi connectivity index (χ0v) is 15.2. The Morgan fingerprint density at radius 2 is 1.44 bits per heavy atom. The third kappa shape index (κ3) is 4.57. The highest BCUT2D eigenvalue weighted by atomic mass is 16.5. The fourth-order valence-electron chi connectivity index (χ4n) is 3.01. The average molecular weight is 350 g/mol. The Morgan fingerprint density at radius 3 is 2.00 bits per heavy atom. The predicted octanol–water partition coefficient (Wildman–Crippen LogP) is 6.10. The third-order valence-corrected chi connectivity index (χ3v) is 4.29. The molecule has 132 valence electrons. The van der Waals surface area contributed by atoms with E-state index < -0.39 is 0 Å². The van der Waals surface area contributed by atoms with Gasteiger partial charge in [0.25, 0.3) is 0 Å². The van der Waals surface area contributed by atoms with Gasteiger partial charge in [-0.15, -0.1) is 6.42 Å². The second kappa shape index (κ2) is 9.27. The van der Waals surface area contributed by atoms with E-state index in [1.54, 1.807) is 6.08 Å². The number of ether oxygens (including phenoxy) is 1. The molecule has 0 aliphatic carbocycles. The van der Waals surface area contributed by atoms with Crippen molar-refractivity contribution in [1.29, 1.82) is 0 Å². The lowest BCUT2D eigenvalue weighted by Gasteiger charge is -2.16. The lowest BCUT2D eigenvalue weighted by molar-refractivity contribution is 0.359. The summed E-state index contributed by atoms with van der Waals surface area (Å²) in [6.07, 6.45) is 9.81.